The Balaban J connectivity index is 3.15. The van der Waals surface area contributed by atoms with Gasteiger partial charge in [-0.3, -0.25) is 0 Å². The van der Waals surface area contributed by atoms with Gasteiger partial charge in [-0.2, -0.15) is 18.3 Å². The van der Waals surface area contributed by atoms with Crippen molar-refractivity contribution in [3.63, 3.8) is 0 Å². The molecule has 0 saturated carbocycles. The van der Waals surface area contributed by atoms with E-state index < -0.39 is 12.3 Å². The molecule has 2 N–H and O–H groups in total. The van der Waals surface area contributed by atoms with Crippen LogP contribution in [0.15, 0.2) is 0 Å². The maximum absolute atomic E-state index is 12.5. The lowest BCUT2D eigenvalue weighted by Crippen LogP contribution is -2.32. The maximum Gasteiger partial charge on any atom is 0.425 e. The SMILES string of the molecule is CCc1nnc(OC(C)C(F)(F)F)c(CN)c1CC. The van der Waals surface area contributed by atoms with Gasteiger partial charge in [0.2, 0.25) is 5.88 Å². The highest BCUT2D eigenvalue weighted by atomic mass is 19.4. The standard InChI is InChI=1S/C12H18F3N3O/c1-4-8-9(6-16)11(18-17-10(8)5-2)19-7(3)12(13,14)15/h7H,4-6,16H2,1-3H3. The van der Waals surface area contributed by atoms with E-state index in [1.54, 1.807) is 0 Å². The maximum atomic E-state index is 12.5. The molecule has 1 aromatic heterocycles. The van der Waals surface area contributed by atoms with Gasteiger partial charge >= 0.3 is 6.18 Å². The topological polar surface area (TPSA) is 61.0 Å². The Bertz CT molecular complexity index is 435. The fourth-order valence-electron chi connectivity index (χ4n) is 1.77. The van der Waals surface area contributed by atoms with Crippen molar-refractivity contribution in [3.8, 4) is 5.88 Å². The number of aromatic nitrogens is 2. The third-order valence-corrected chi connectivity index (χ3v) is 2.87. The number of aryl methyl sites for hydroxylation is 1. The predicted molar refractivity (Wildman–Crippen MR) is 64.8 cm³/mol. The van der Waals surface area contributed by atoms with E-state index in [0.717, 1.165) is 18.2 Å². The molecule has 0 fully saturated rings. The van der Waals surface area contributed by atoms with E-state index in [4.69, 9.17) is 10.5 Å². The molecule has 4 nitrogen and oxygen atoms in total. The Morgan fingerprint density at radius 1 is 1.16 bits per heavy atom. The molecule has 0 radical (unpaired) electrons. The first-order valence-electron chi connectivity index (χ1n) is 6.15. The molecule has 1 atom stereocenters. The number of rotatable bonds is 5. The molecule has 0 aromatic carbocycles. The lowest BCUT2D eigenvalue weighted by atomic mass is 10.0. The van der Waals surface area contributed by atoms with Crippen LogP contribution < -0.4 is 10.5 Å². The average Bonchev–Trinajstić information content (AvgIpc) is 2.36. The summed E-state index contributed by atoms with van der Waals surface area (Å²) in [7, 11) is 0. The van der Waals surface area contributed by atoms with Crippen LogP contribution >= 0.6 is 0 Å². The lowest BCUT2D eigenvalue weighted by Gasteiger charge is -2.20. The number of nitrogens with zero attached hydrogens (tertiary/aromatic N) is 2. The van der Waals surface area contributed by atoms with Crippen molar-refractivity contribution in [2.75, 3.05) is 0 Å². The molecule has 0 saturated heterocycles. The molecule has 19 heavy (non-hydrogen) atoms. The van der Waals surface area contributed by atoms with Crippen molar-refractivity contribution in [3.05, 3.63) is 16.8 Å². The smallest absolute Gasteiger partial charge is 0.425 e. The van der Waals surface area contributed by atoms with Gasteiger partial charge in [-0.1, -0.05) is 13.8 Å². The monoisotopic (exact) mass is 277 g/mol. The second-order valence-electron chi connectivity index (χ2n) is 4.12. The van der Waals surface area contributed by atoms with Crippen molar-refractivity contribution < 1.29 is 17.9 Å². The molecule has 0 aliphatic rings. The van der Waals surface area contributed by atoms with Gasteiger partial charge in [-0.05, 0) is 25.3 Å². The number of halogens is 3. The van der Waals surface area contributed by atoms with E-state index >= 15 is 0 Å². The molecule has 1 unspecified atom stereocenters. The minimum absolute atomic E-state index is 0.0750. The molecule has 108 valence electrons. The van der Waals surface area contributed by atoms with Gasteiger partial charge < -0.3 is 10.5 Å². The predicted octanol–water partition coefficient (Wildman–Crippen LogP) is 2.39. The van der Waals surface area contributed by atoms with Crippen LogP contribution in [0.2, 0.25) is 0 Å². The van der Waals surface area contributed by atoms with Gasteiger partial charge in [0.1, 0.15) is 0 Å². The van der Waals surface area contributed by atoms with Crippen LogP contribution in [0.3, 0.4) is 0 Å². The van der Waals surface area contributed by atoms with Crippen LogP contribution in [0.1, 0.15) is 37.6 Å². The Kier molecular flexibility index (Phi) is 5.11. The molecule has 0 aliphatic carbocycles. The van der Waals surface area contributed by atoms with E-state index in [9.17, 15) is 13.2 Å². The van der Waals surface area contributed by atoms with Gasteiger partial charge in [0.25, 0.3) is 0 Å². The number of ether oxygens (including phenoxy) is 1. The van der Waals surface area contributed by atoms with Gasteiger partial charge in [0.15, 0.2) is 6.10 Å². The fourth-order valence-corrected chi connectivity index (χ4v) is 1.77. The summed E-state index contributed by atoms with van der Waals surface area (Å²) in [6.45, 7) is 4.81. The molecule has 0 aliphatic heterocycles. The molecule has 1 heterocycles. The molecule has 0 amide bonds. The lowest BCUT2D eigenvalue weighted by molar-refractivity contribution is -0.190. The van der Waals surface area contributed by atoms with Crippen LogP contribution in [0, 0.1) is 0 Å². The van der Waals surface area contributed by atoms with Crippen LogP contribution in [0.25, 0.3) is 0 Å². The van der Waals surface area contributed by atoms with E-state index in [0.29, 0.717) is 18.4 Å². The Labute approximate surface area is 110 Å². The van der Waals surface area contributed by atoms with Crippen LogP contribution in [0.5, 0.6) is 5.88 Å². The number of hydrogen-bond donors (Lipinski definition) is 1. The first-order chi connectivity index (χ1) is 8.85. The summed E-state index contributed by atoms with van der Waals surface area (Å²) in [5.41, 5.74) is 7.68. The van der Waals surface area contributed by atoms with Crippen molar-refractivity contribution in [1.82, 2.24) is 10.2 Å². The highest BCUT2D eigenvalue weighted by Crippen LogP contribution is 2.28. The van der Waals surface area contributed by atoms with Gasteiger partial charge in [-0.15, -0.1) is 5.10 Å². The normalized spacial score (nSPS) is 13.4. The largest absolute Gasteiger partial charge is 0.464 e. The second kappa shape index (κ2) is 6.18. The first-order valence-corrected chi connectivity index (χ1v) is 6.15. The highest BCUT2D eigenvalue weighted by Gasteiger charge is 2.38. The number of alkyl halides is 3. The zero-order valence-corrected chi connectivity index (χ0v) is 11.2. The van der Waals surface area contributed by atoms with E-state index in [1.807, 2.05) is 13.8 Å². The summed E-state index contributed by atoms with van der Waals surface area (Å²) in [6, 6.07) is 0. The van der Waals surface area contributed by atoms with E-state index in [2.05, 4.69) is 10.2 Å². The van der Waals surface area contributed by atoms with E-state index in [-0.39, 0.29) is 12.4 Å². The van der Waals surface area contributed by atoms with E-state index in [1.165, 1.54) is 0 Å². The molecule has 0 bridgehead atoms. The third-order valence-electron chi connectivity index (χ3n) is 2.87. The summed E-state index contributed by atoms with van der Waals surface area (Å²) in [5.74, 6) is -0.124. The molecular formula is C12H18F3N3O. The van der Waals surface area contributed by atoms with Gasteiger partial charge in [0.05, 0.1) is 5.69 Å². The highest BCUT2D eigenvalue weighted by molar-refractivity contribution is 5.37. The molecule has 1 rings (SSSR count). The van der Waals surface area contributed by atoms with Gasteiger partial charge in [0, 0.05) is 12.1 Å². The quantitative estimate of drug-likeness (QED) is 0.897. The minimum Gasteiger partial charge on any atom is -0.464 e. The van der Waals surface area contributed by atoms with Crippen molar-refractivity contribution in [2.45, 2.75) is 52.4 Å². The van der Waals surface area contributed by atoms with Crippen molar-refractivity contribution >= 4 is 0 Å². The average molecular weight is 277 g/mol. The fraction of sp³-hybridized carbons (Fsp3) is 0.667. The van der Waals surface area contributed by atoms with Crippen molar-refractivity contribution in [1.29, 1.82) is 0 Å². The van der Waals surface area contributed by atoms with Gasteiger partial charge in [-0.25, -0.2) is 0 Å². The number of nitrogens with two attached hydrogens (primary N) is 1. The molecule has 7 heteroatoms. The minimum atomic E-state index is -4.44. The first kappa shape index (κ1) is 15.7. The van der Waals surface area contributed by atoms with Crippen LogP contribution in [0.4, 0.5) is 13.2 Å². The molecule has 0 spiro atoms. The third kappa shape index (κ3) is 3.56. The Morgan fingerprint density at radius 3 is 2.21 bits per heavy atom. The summed E-state index contributed by atoms with van der Waals surface area (Å²) in [5, 5.41) is 7.64. The van der Waals surface area contributed by atoms with Crippen LogP contribution in [-0.2, 0) is 19.4 Å². The zero-order valence-electron chi connectivity index (χ0n) is 11.2. The number of hydrogen-bond acceptors (Lipinski definition) is 4. The summed E-state index contributed by atoms with van der Waals surface area (Å²) >= 11 is 0. The van der Waals surface area contributed by atoms with Crippen molar-refractivity contribution in [2.24, 2.45) is 5.73 Å². The molecular weight excluding hydrogens is 259 g/mol. The Morgan fingerprint density at radius 2 is 1.79 bits per heavy atom. The molecule has 1 aromatic rings. The van der Waals surface area contributed by atoms with Crippen LogP contribution in [-0.4, -0.2) is 22.5 Å². The Hall–Kier alpha value is -1.37. The second-order valence-corrected chi connectivity index (χ2v) is 4.12. The summed E-state index contributed by atoms with van der Waals surface area (Å²) in [4.78, 5) is 0. The summed E-state index contributed by atoms with van der Waals surface area (Å²) in [6.07, 6.45) is -5.10. The zero-order chi connectivity index (χ0) is 14.6. The summed E-state index contributed by atoms with van der Waals surface area (Å²) < 4.78 is 42.3.